The molecule has 0 aliphatic heterocycles. The number of aryl methyl sites for hydroxylation is 2. The van der Waals surface area contributed by atoms with Crippen LogP contribution in [0.3, 0.4) is 0 Å². The van der Waals surface area contributed by atoms with Gasteiger partial charge in [0.1, 0.15) is 10.8 Å². The number of aromatic nitrogens is 1. The number of anilines is 2. The molecule has 7 heteroatoms. The maximum Gasteiger partial charge on any atom is 0.291 e. The summed E-state index contributed by atoms with van der Waals surface area (Å²) in [5.74, 6) is 0.691. The first-order valence-electron chi connectivity index (χ1n) is 9.41. The van der Waals surface area contributed by atoms with E-state index in [0.29, 0.717) is 5.02 Å². The van der Waals surface area contributed by atoms with Crippen LogP contribution in [0.15, 0.2) is 71.3 Å². The first-order valence-corrected chi connectivity index (χ1v) is 10.6. The van der Waals surface area contributed by atoms with E-state index < -0.39 is 0 Å². The smallest absolute Gasteiger partial charge is 0.291 e. The summed E-state index contributed by atoms with van der Waals surface area (Å²) in [5.41, 5.74) is 2.72. The Bertz CT molecular complexity index is 1170. The number of rotatable bonds is 6. The Morgan fingerprint density at radius 3 is 2.63 bits per heavy atom. The van der Waals surface area contributed by atoms with Crippen molar-refractivity contribution in [3.63, 3.8) is 0 Å². The lowest BCUT2D eigenvalue weighted by molar-refractivity contribution is 0.0997. The van der Waals surface area contributed by atoms with E-state index in [9.17, 15) is 4.79 Å². The molecular formula is C23H20ClN3O2S. The lowest BCUT2D eigenvalue weighted by Gasteiger charge is -2.22. The van der Waals surface area contributed by atoms with E-state index in [1.165, 1.54) is 17.6 Å². The molecule has 0 aliphatic rings. The lowest BCUT2D eigenvalue weighted by atomic mass is 9.99. The minimum absolute atomic E-state index is 0.259. The molecule has 1 aromatic carbocycles. The number of benzene rings is 1. The van der Waals surface area contributed by atoms with Crippen LogP contribution in [0.2, 0.25) is 5.02 Å². The van der Waals surface area contributed by atoms with Gasteiger partial charge in [0.15, 0.2) is 5.76 Å². The molecule has 0 bridgehead atoms. The second kappa shape index (κ2) is 8.73. The Morgan fingerprint density at radius 1 is 1.07 bits per heavy atom. The topological polar surface area (TPSA) is 67.2 Å². The number of amides is 1. The number of carbonyl (C=O) groups is 1. The van der Waals surface area contributed by atoms with Gasteiger partial charge in [-0.05, 0) is 55.8 Å². The molecule has 3 heterocycles. The summed E-state index contributed by atoms with van der Waals surface area (Å²) in [5, 5.41) is 7.84. The third kappa shape index (κ3) is 4.40. The van der Waals surface area contributed by atoms with Gasteiger partial charge in [-0.3, -0.25) is 4.79 Å². The summed E-state index contributed by atoms with van der Waals surface area (Å²) >= 11 is 8.06. The van der Waals surface area contributed by atoms with Gasteiger partial charge >= 0.3 is 0 Å². The molecule has 0 fully saturated rings. The van der Waals surface area contributed by atoms with Gasteiger partial charge in [-0.15, -0.1) is 11.3 Å². The molecule has 152 valence electrons. The van der Waals surface area contributed by atoms with E-state index in [1.807, 2.05) is 56.3 Å². The van der Waals surface area contributed by atoms with Crippen molar-refractivity contribution in [1.82, 2.24) is 4.98 Å². The molecule has 0 spiro atoms. The normalized spacial score (nSPS) is 11.8. The van der Waals surface area contributed by atoms with Gasteiger partial charge < -0.3 is 15.1 Å². The van der Waals surface area contributed by atoms with Gasteiger partial charge in [-0.1, -0.05) is 35.9 Å². The molecule has 1 amide bonds. The number of pyridine rings is 1. The molecule has 1 atom stereocenters. The summed E-state index contributed by atoms with van der Waals surface area (Å²) in [6, 6.07) is 18.6. The van der Waals surface area contributed by atoms with Crippen LogP contribution in [-0.4, -0.2) is 10.9 Å². The molecule has 3 aromatic heterocycles. The Hall–Kier alpha value is -3.09. The zero-order chi connectivity index (χ0) is 21.1. The van der Waals surface area contributed by atoms with Gasteiger partial charge in [0.25, 0.3) is 5.91 Å². The predicted octanol–water partition coefficient (Wildman–Crippen LogP) is 6.46. The van der Waals surface area contributed by atoms with Crippen molar-refractivity contribution in [2.75, 3.05) is 10.6 Å². The first kappa shape index (κ1) is 20.2. The zero-order valence-corrected chi connectivity index (χ0v) is 18.1. The molecule has 0 saturated carbocycles. The van der Waals surface area contributed by atoms with Crippen molar-refractivity contribution in [3.05, 3.63) is 99.4 Å². The molecule has 5 nitrogen and oxygen atoms in total. The average molecular weight is 438 g/mol. The standard InChI is InChI=1S/C23H20ClN3O2S/c1-14-7-5-11-20(25-14)26-21(16-8-3-4-9-18(16)24)17-13-15(2)30-23(17)27-22(28)19-10-6-12-29-19/h3-13,21H,1-2H3,(H,25,26)(H,27,28). The number of hydrogen-bond donors (Lipinski definition) is 2. The van der Waals surface area contributed by atoms with Crippen LogP contribution in [0, 0.1) is 13.8 Å². The van der Waals surface area contributed by atoms with Crippen LogP contribution >= 0.6 is 22.9 Å². The molecule has 0 radical (unpaired) electrons. The third-order valence-electron chi connectivity index (χ3n) is 4.56. The summed E-state index contributed by atoms with van der Waals surface area (Å²) < 4.78 is 5.23. The number of carbonyl (C=O) groups excluding carboxylic acids is 1. The zero-order valence-electron chi connectivity index (χ0n) is 16.5. The van der Waals surface area contributed by atoms with Crippen molar-refractivity contribution in [2.24, 2.45) is 0 Å². The second-order valence-corrected chi connectivity index (χ2v) is 8.50. The summed E-state index contributed by atoms with van der Waals surface area (Å²) in [7, 11) is 0. The maximum absolute atomic E-state index is 12.6. The van der Waals surface area contributed by atoms with Crippen LogP contribution in [0.1, 0.15) is 38.3 Å². The number of halogens is 1. The van der Waals surface area contributed by atoms with Crippen LogP contribution in [0.25, 0.3) is 0 Å². The number of thiophene rings is 1. The van der Waals surface area contributed by atoms with E-state index in [-0.39, 0.29) is 17.7 Å². The number of hydrogen-bond acceptors (Lipinski definition) is 5. The van der Waals surface area contributed by atoms with Crippen LogP contribution in [0.4, 0.5) is 10.8 Å². The molecular weight excluding hydrogens is 418 g/mol. The first-order chi connectivity index (χ1) is 14.5. The van der Waals surface area contributed by atoms with Gasteiger partial charge in [0.2, 0.25) is 0 Å². The van der Waals surface area contributed by atoms with E-state index in [1.54, 1.807) is 12.1 Å². The SMILES string of the molecule is Cc1cccc(NC(c2ccccc2Cl)c2cc(C)sc2NC(=O)c2ccco2)n1. The fourth-order valence-corrected chi connectivity index (χ4v) is 4.41. The fourth-order valence-electron chi connectivity index (χ4n) is 3.22. The highest BCUT2D eigenvalue weighted by molar-refractivity contribution is 7.16. The average Bonchev–Trinajstić information content (AvgIpc) is 3.37. The maximum atomic E-state index is 12.6. The quantitative estimate of drug-likeness (QED) is 0.363. The molecule has 30 heavy (non-hydrogen) atoms. The largest absolute Gasteiger partial charge is 0.459 e. The van der Waals surface area contributed by atoms with Crippen molar-refractivity contribution in [3.8, 4) is 0 Å². The number of nitrogens with zero attached hydrogens (tertiary/aromatic N) is 1. The van der Waals surface area contributed by atoms with Crippen molar-refractivity contribution >= 4 is 39.7 Å². The minimum Gasteiger partial charge on any atom is -0.459 e. The van der Waals surface area contributed by atoms with Gasteiger partial charge in [-0.25, -0.2) is 4.98 Å². The fraction of sp³-hybridized carbons (Fsp3) is 0.130. The van der Waals surface area contributed by atoms with E-state index in [2.05, 4.69) is 21.7 Å². The van der Waals surface area contributed by atoms with Crippen molar-refractivity contribution in [2.45, 2.75) is 19.9 Å². The van der Waals surface area contributed by atoms with Gasteiger partial charge in [0, 0.05) is 21.2 Å². The van der Waals surface area contributed by atoms with E-state index >= 15 is 0 Å². The van der Waals surface area contributed by atoms with Crippen LogP contribution in [-0.2, 0) is 0 Å². The predicted molar refractivity (Wildman–Crippen MR) is 122 cm³/mol. The molecule has 2 N–H and O–H groups in total. The minimum atomic E-state index is -0.301. The Balaban J connectivity index is 1.75. The molecule has 1 unspecified atom stereocenters. The summed E-state index contributed by atoms with van der Waals surface area (Å²) in [6.07, 6.45) is 1.48. The summed E-state index contributed by atoms with van der Waals surface area (Å²) in [4.78, 5) is 18.3. The Labute approximate surface area is 183 Å². The highest BCUT2D eigenvalue weighted by atomic mass is 35.5. The Morgan fingerprint density at radius 2 is 1.90 bits per heavy atom. The van der Waals surface area contributed by atoms with Gasteiger partial charge in [0.05, 0.1) is 12.3 Å². The molecule has 0 saturated heterocycles. The Kier molecular flexibility index (Phi) is 5.88. The third-order valence-corrected chi connectivity index (χ3v) is 5.89. The molecule has 4 rings (SSSR count). The van der Waals surface area contributed by atoms with Crippen LogP contribution < -0.4 is 10.6 Å². The van der Waals surface area contributed by atoms with E-state index in [4.69, 9.17) is 16.0 Å². The second-order valence-electron chi connectivity index (χ2n) is 6.84. The van der Waals surface area contributed by atoms with Crippen molar-refractivity contribution in [1.29, 1.82) is 0 Å². The van der Waals surface area contributed by atoms with Crippen molar-refractivity contribution < 1.29 is 9.21 Å². The highest BCUT2D eigenvalue weighted by Crippen LogP contribution is 2.39. The molecule has 0 aliphatic carbocycles. The van der Waals surface area contributed by atoms with E-state index in [0.717, 1.165) is 32.5 Å². The van der Waals surface area contributed by atoms with Crippen LogP contribution in [0.5, 0.6) is 0 Å². The molecule has 4 aromatic rings. The lowest BCUT2D eigenvalue weighted by Crippen LogP contribution is -2.17. The monoisotopic (exact) mass is 437 g/mol. The number of nitrogens with one attached hydrogen (secondary N) is 2. The highest BCUT2D eigenvalue weighted by Gasteiger charge is 2.24. The summed E-state index contributed by atoms with van der Waals surface area (Å²) in [6.45, 7) is 3.95. The number of furan rings is 1. The van der Waals surface area contributed by atoms with Gasteiger partial charge in [-0.2, -0.15) is 0 Å².